The van der Waals surface area contributed by atoms with Crippen molar-refractivity contribution in [2.24, 2.45) is 0 Å². The van der Waals surface area contributed by atoms with E-state index in [2.05, 4.69) is 20.9 Å². The second kappa shape index (κ2) is 8.73. The first-order chi connectivity index (χ1) is 17.3. The number of hydrogen-bond donors (Lipinski definition) is 1. The number of aliphatic hydroxyl groups is 1. The number of aliphatic hydroxyl groups excluding tert-OH is 1. The molecule has 0 saturated carbocycles. The Balaban J connectivity index is 1.53. The molecule has 0 spiro atoms. The first kappa shape index (κ1) is 23.2. The lowest BCUT2D eigenvalue weighted by Crippen LogP contribution is -2.29. The van der Waals surface area contributed by atoms with E-state index in [1.165, 1.54) is 16.2 Å². The number of anilines is 1. The van der Waals surface area contributed by atoms with Crippen LogP contribution in [-0.2, 0) is 16.0 Å². The summed E-state index contributed by atoms with van der Waals surface area (Å²) < 4.78 is 7.42. The average molecular weight is 582 g/mol. The Labute approximate surface area is 223 Å². The van der Waals surface area contributed by atoms with E-state index in [-0.39, 0.29) is 17.4 Å². The Morgan fingerprint density at radius 3 is 2.69 bits per heavy atom. The zero-order valence-corrected chi connectivity index (χ0v) is 22.0. The van der Waals surface area contributed by atoms with Gasteiger partial charge in [0.05, 0.1) is 21.8 Å². The van der Waals surface area contributed by atoms with Gasteiger partial charge in [-0.05, 0) is 66.6 Å². The number of halogens is 2. The zero-order valence-electron chi connectivity index (χ0n) is 18.9. The normalized spacial score (nSPS) is 20.7. The van der Waals surface area contributed by atoms with Crippen LogP contribution in [0, 0.1) is 0 Å². The number of carbonyl (C=O) groups is 2. The van der Waals surface area contributed by atoms with Crippen molar-refractivity contribution in [3.05, 3.63) is 92.4 Å². The lowest BCUT2D eigenvalue weighted by Gasteiger charge is -2.23. The van der Waals surface area contributed by atoms with Gasteiger partial charge in [-0.1, -0.05) is 51.0 Å². The minimum atomic E-state index is -0.849. The number of rotatable bonds is 3. The molecule has 3 heterocycles. The predicted octanol–water partition coefficient (Wildman–Crippen LogP) is 6.66. The van der Waals surface area contributed by atoms with Crippen molar-refractivity contribution in [1.29, 1.82) is 0 Å². The maximum absolute atomic E-state index is 13.4. The van der Waals surface area contributed by atoms with Crippen LogP contribution in [0.3, 0.4) is 0 Å². The highest BCUT2D eigenvalue weighted by atomic mass is 79.9. The Morgan fingerprint density at radius 1 is 1.14 bits per heavy atom. The van der Waals surface area contributed by atoms with Gasteiger partial charge in [-0.2, -0.15) is 0 Å². The first-order valence-corrected chi connectivity index (χ1v) is 13.2. The fourth-order valence-corrected chi connectivity index (χ4v) is 6.24. The van der Waals surface area contributed by atoms with E-state index in [4.69, 9.17) is 16.3 Å². The summed E-state index contributed by atoms with van der Waals surface area (Å²) in [5.41, 5.74) is 2.77. The number of Topliss-reactive ketones (excluding diaryl/α,β-unsaturated/α-hetero) is 1. The molecule has 1 amide bonds. The van der Waals surface area contributed by atoms with Crippen LogP contribution in [0.25, 0.3) is 16.0 Å². The van der Waals surface area contributed by atoms with Gasteiger partial charge in [0.15, 0.2) is 5.13 Å². The summed E-state index contributed by atoms with van der Waals surface area (Å²) in [7, 11) is 0. The Kier molecular flexibility index (Phi) is 5.63. The fraction of sp³-hybridized carbons (Fsp3) is 0.148. The van der Waals surface area contributed by atoms with Crippen molar-refractivity contribution < 1.29 is 19.4 Å². The summed E-state index contributed by atoms with van der Waals surface area (Å²) in [4.78, 5) is 32.8. The molecule has 6 nitrogen and oxygen atoms in total. The van der Waals surface area contributed by atoms with Crippen LogP contribution in [0.5, 0.6) is 5.75 Å². The minimum Gasteiger partial charge on any atom is -0.507 e. The number of carbonyl (C=O) groups excluding carboxylic acids is 2. The van der Waals surface area contributed by atoms with Crippen molar-refractivity contribution in [3.8, 4) is 5.75 Å². The van der Waals surface area contributed by atoms with Crippen LogP contribution in [-0.4, -0.2) is 27.9 Å². The molecule has 2 aliphatic rings. The smallest absolute Gasteiger partial charge is 0.301 e. The van der Waals surface area contributed by atoms with Crippen LogP contribution < -0.4 is 9.64 Å². The van der Waals surface area contributed by atoms with Gasteiger partial charge in [-0.25, -0.2) is 4.98 Å². The van der Waals surface area contributed by atoms with Gasteiger partial charge >= 0.3 is 5.91 Å². The molecule has 180 valence electrons. The number of benzene rings is 3. The summed E-state index contributed by atoms with van der Waals surface area (Å²) in [5, 5.41) is 12.3. The number of hydrogen-bond acceptors (Lipinski definition) is 6. The summed E-state index contributed by atoms with van der Waals surface area (Å²) >= 11 is 10.9. The molecule has 0 unspecified atom stereocenters. The predicted molar refractivity (Wildman–Crippen MR) is 144 cm³/mol. The third-order valence-electron chi connectivity index (χ3n) is 6.34. The monoisotopic (exact) mass is 580 g/mol. The molecule has 0 radical (unpaired) electrons. The molecule has 6 rings (SSSR count). The van der Waals surface area contributed by atoms with Gasteiger partial charge in [-0.15, -0.1) is 0 Å². The third kappa shape index (κ3) is 3.80. The van der Waals surface area contributed by atoms with Gasteiger partial charge in [0.1, 0.15) is 17.6 Å². The summed E-state index contributed by atoms with van der Waals surface area (Å²) in [6.45, 7) is 1.98. The molecule has 1 aromatic heterocycles. The molecule has 1 fully saturated rings. The van der Waals surface area contributed by atoms with Crippen LogP contribution in [0.2, 0.25) is 5.02 Å². The molecular weight excluding hydrogens is 564 g/mol. The number of ketones is 1. The van der Waals surface area contributed by atoms with E-state index in [1.54, 1.807) is 30.3 Å². The number of amides is 1. The molecule has 9 heteroatoms. The number of thiazole rings is 1. The standard InChI is InChI=1S/C27H18BrClN2O4S/c1-13-10-16-11-15(4-9-20(16)35-13)24(32)22-23(14-2-5-17(28)6-3-14)31(26(34)25(22)33)27-30-19-8-7-18(29)12-21(19)36-27/h2-9,11-13,23,32H,10H2,1H3/b24-22+/t13-,23-/m1/s1. The molecule has 0 aliphatic carbocycles. The molecule has 2 atom stereocenters. The maximum atomic E-state index is 13.4. The summed E-state index contributed by atoms with van der Waals surface area (Å²) in [6, 6.07) is 17.1. The van der Waals surface area contributed by atoms with Crippen LogP contribution in [0.4, 0.5) is 5.13 Å². The summed E-state index contributed by atoms with van der Waals surface area (Å²) in [5.74, 6) is -0.970. The fourth-order valence-electron chi connectivity index (χ4n) is 4.70. The van der Waals surface area contributed by atoms with E-state index in [0.29, 0.717) is 33.2 Å². The second-order valence-electron chi connectivity index (χ2n) is 8.78. The lowest BCUT2D eigenvalue weighted by atomic mass is 9.94. The number of fused-ring (bicyclic) bond motifs is 2. The SMILES string of the molecule is C[C@@H]1Cc2cc(/C(O)=C3\C(=O)C(=O)N(c4nc5ccc(Cl)cc5s4)[C@@H]3c3ccc(Br)cc3)ccc2O1. The average Bonchev–Trinajstić information content (AvgIpc) is 3.51. The van der Waals surface area contributed by atoms with Gasteiger partial charge in [0, 0.05) is 21.5 Å². The quantitative estimate of drug-likeness (QED) is 0.166. The van der Waals surface area contributed by atoms with Crippen LogP contribution >= 0.6 is 38.9 Å². The van der Waals surface area contributed by atoms with E-state index in [9.17, 15) is 14.7 Å². The molecule has 36 heavy (non-hydrogen) atoms. The van der Waals surface area contributed by atoms with E-state index < -0.39 is 17.7 Å². The molecule has 4 aromatic rings. The van der Waals surface area contributed by atoms with Crippen molar-refractivity contribution in [2.45, 2.75) is 25.5 Å². The van der Waals surface area contributed by atoms with Crippen molar-refractivity contribution in [3.63, 3.8) is 0 Å². The highest BCUT2D eigenvalue weighted by Gasteiger charge is 2.48. The largest absolute Gasteiger partial charge is 0.507 e. The highest BCUT2D eigenvalue weighted by Crippen LogP contribution is 2.45. The van der Waals surface area contributed by atoms with E-state index >= 15 is 0 Å². The topological polar surface area (TPSA) is 79.7 Å². The van der Waals surface area contributed by atoms with Gasteiger partial charge in [0.2, 0.25) is 0 Å². The molecule has 3 aromatic carbocycles. The van der Waals surface area contributed by atoms with Gasteiger partial charge in [0.25, 0.3) is 5.78 Å². The molecular formula is C27H18BrClN2O4S. The van der Waals surface area contributed by atoms with Crippen molar-refractivity contribution in [2.75, 3.05) is 4.90 Å². The lowest BCUT2D eigenvalue weighted by molar-refractivity contribution is -0.132. The number of ether oxygens (including phenoxy) is 1. The second-order valence-corrected chi connectivity index (χ2v) is 11.1. The van der Waals surface area contributed by atoms with E-state index in [0.717, 1.165) is 20.5 Å². The Bertz CT molecular complexity index is 1600. The van der Waals surface area contributed by atoms with Crippen LogP contribution in [0.1, 0.15) is 29.7 Å². The van der Waals surface area contributed by atoms with Crippen molar-refractivity contribution in [1.82, 2.24) is 4.98 Å². The molecule has 2 aliphatic heterocycles. The van der Waals surface area contributed by atoms with Gasteiger partial charge in [-0.3, -0.25) is 14.5 Å². The van der Waals surface area contributed by atoms with Crippen LogP contribution in [0.15, 0.2) is 70.7 Å². The highest BCUT2D eigenvalue weighted by molar-refractivity contribution is 9.10. The first-order valence-electron chi connectivity index (χ1n) is 11.2. The number of nitrogens with zero attached hydrogens (tertiary/aromatic N) is 2. The minimum absolute atomic E-state index is 0.0199. The van der Waals surface area contributed by atoms with Gasteiger partial charge < -0.3 is 9.84 Å². The number of aromatic nitrogens is 1. The zero-order chi connectivity index (χ0) is 25.1. The Hall–Kier alpha value is -3.20. The molecule has 1 N–H and O–H groups in total. The van der Waals surface area contributed by atoms with E-state index in [1.807, 2.05) is 37.3 Å². The van der Waals surface area contributed by atoms with Crippen molar-refractivity contribution >= 4 is 71.7 Å². The third-order valence-corrected chi connectivity index (χ3v) is 8.13. The molecule has 0 bridgehead atoms. The molecule has 1 saturated heterocycles. The Morgan fingerprint density at radius 2 is 1.92 bits per heavy atom. The maximum Gasteiger partial charge on any atom is 0.301 e. The summed E-state index contributed by atoms with van der Waals surface area (Å²) in [6.07, 6.45) is 0.744.